The summed E-state index contributed by atoms with van der Waals surface area (Å²) in [6.07, 6.45) is -6.99. The van der Waals surface area contributed by atoms with Crippen LogP contribution >= 0.6 is 11.3 Å². The SMILES string of the molecule is Cc1oc(-c2ccsc2)nc1CN(C)CC(O)C(F)(F)F. The molecule has 1 N–H and O–H groups in total. The van der Waals surface area contributed by atoms with Crippen molar-refractivity contribution in [3.63, 3.8) is 0 Å². The highest BCUT2D eigenvalue weighted by Crippen LogP contribution is 2.25. The maximum Gasteiger partial charge on any atom is 0.415 e. The number of likely N-dealkylation sites (N-methyl/N-ethyl adjacent to an activating group) is 1. The summed E-state index contributed by atoms with van der Waals surface area (Å²) < 4.78 is 42.4. The van der Waals surface area contributed by atoms with Gasteiger partial charge in [-0.2, -0.15) is 24.5 Å². The van der Waals surface area contributed by atoms with Gasteiger partial charge < -0.3 is 9.52 Å². The van der Waals surface area contributed by atoms with E-state index in [1.807, 2.05) is 16.8 Å². The molecule has 0 fully saturated rings. The molecule has 0 aromatic carbocycles. The number of nitrogens with zero attached hydrogens (tertiary/aromatic N) is 2. The minimum atomic E-state index is -4.62. The largest absolute Gasteiger partial charge is 0.441 e. The fourth-order valence-electron chi connectivity index (χ4n) is 1.80. The molecular formula is C13H15F3N2O2S. The molecule has 21 heavy (non-hydrogen) atoms. The second-order valence-electron chi connectivity index (χ2n) is 4.79. The molecule has 0 aliphatic rings. The summed E-state index contributed by atoms with van der Waals surface area (Å²) >= 11 is 1.51. The Balaban J connectivity index is 2.03. The van der Waals surface area contributed by atoms with Gasteiger partial charge in [-0.05, 0) is 25.4 Å². The van der Waals surface area contributed by atoms with Crippen molar-refractivity contribution in [1.82, 2.24) is 9.88 Å². The summed E-state index contributed by atoms with van der Waals surface area (Å²) in [5.41, 5.74) is 1.40. The van der Waals surface area contributed by atoms with Crippen molar-refractivity contribution in [3.05, 3.63) is 28.3 Å². The highest BCUT2D eigenvalue weighted by atomic mass is 32.1. The summed E-state index contributed by atoms with van der Waals surface area (Å²) in [7, 11) is 1.49. The minimum absolute atomic E-state index is 0.173. The summed E-state index contributed by atoms with van der Waals surface area (Å²) in [4.78, 5) is 5.66. The zero-order valence-corrected chi connectivity index (χ0v) is 12.3. The number of aromatic nitrogens is 1. The topological polar surface area (TPSA) is 49.5 Å². The average molecular weight is 320 g/mol. The molecule has 0 bridgehead atoms. The molecule has 0 amide bonds. The van der Waals surface area contributed by atoms with E-state index in [-0.39, 0.29) is 6.54 Å². The van der Waals surface area contributed by atoms with Crippen LogP contribution in [0.3, 0.4) is 0 Å². The number of aryl methyl sites for hydroxylation is 1. The van der Waals surface area contributed by atoms with Crippen LogP contribution in [0.25, 0.3) is 11.5 Å². The Morgan fingerprint density at radius 2 is 2.19 bits per heavy atom. The molecule has 0 saturated heterocycles. The van der Waals surface area contributed by atoms with Gasteiger partial charge in [0, 0.05) is 24.0 Å². The van der Waals surface area contributed by atoms with Gasteiger partial charge >= 0.3 is 6.18 Å². The van der Waals surface area contributed by atoms with Crippen LogP contribution in [0.15, 0.2) is 21.2 Å². The van der Waals surface area contributed by atoms with E-state index in [1.54, 1.807) is 6.92 Å². The molecule has 0 aliphatic carbocycles. The Kier molecular flexibility index (Phi) is 4.70. The van der Waals surface area contributed by atoms with E-state index in [0.29, 0.717) is 17.3 Å². The molecule has 8 heteroatoms. The Bertz CT molecular complexity index is 581. The summed E-state index contributed by atoms with van der Waals surface area (Å²) in [6.45, 7) is 1.38. The number of alkyl halides is 3. The van der Waals surface area contributed by atoms with Gasteiger partial charge in [0.2, 0.25) is 5.89 Å². The van der Waals surface area contributed by atoms with E-state index in [0.717, 1.165) is 5.56 Å². The molecule has 1 atom stereocenters. The predicted octanol–water partition coefficient (Wildman–Crippen LogP) is 3.07. The molecule has 2 aromatic rings. The first kappa shape index (κ1) is 16.0. The quantitative estimate of drug-likeness (QED) is 0.920. The highest BCUT2D eigenvalue weighted by molar-refractivity contribution is 7.08. The lowest BCUT2D eigenvalue weighted by Gasteiger charge is -2.21. The van der Waals surface area contributed by atoms with Crippen molar-refractivity contribution >= 4 is 11.3 Å². The first-order chi connectivity index (χ1) is 9.77. The first-order valence-corrected chi connectivity index (χ1v) is 7.14. The maximum atomic E-state index is 12.3. The van der Waals surface area contributed by atoms with Gasteiger partial charge in [0.1, 0.15) is 5.76 Å². The van der Waals surface area contributed by atoms with Crippen LogP contribution in [0.4, 0.5) is 13.2 Å². The molecule has 2 heterocycles. The van der Waals surface area contributed by atoms with E-state index in [2.05, 4.69) is 4.98 Å². The van der Waals surface area contributed by atoms with Crippen LogP contribution in [0, 0.1) is 6.92 Å². The van der Waals surface area contributed by atoms with Crippen molar-refractivity contribution in [2.75, 3.05) is 13.6 Å². The monoisotopic (exact) mass is 320 g/mol. The molecule has 1 unspecified atom stereocenters. The van der Waals surface area contributed by atoms with Gasteiger partial charge in [-0.15, -0.1) is 0 Å². The second kappa shape index (κ2) is 6.17. The fourth-order valence-corrected chi connectivity index (χ4v) is 2.43. The zero-order valence-electron chi connectivity index (χ0n) is 11.5. The molecular weight excluding hydrogens is 305 g/mol. The third-order valence-electron chi connectivity index (χ3n) is 2.94. The fraction of sp³-hybridized carbons (Fsp3) is 0.462. The third-order valence-corrected chi connectivity index (χ3v) is 3.63. The minimum Gasteiger partial charge on any atom is -0.441 e. The number of aliphatic hydroxyl groups excluding tert-OH is 1. The molecule has 2 rings (SSSR count). The van der Waals surface area contributed by atoms with Gasteiger partial charge in [-0.3, -0.25) is 4.90 Å². The van der Waals surface area contributed by atoms with E-state index < -0.39 is 18.8 Å². The van der Waals surface area contributed by atoms with Crippen LogP contribution < -0.4 is 0 Å². The number of aliphatic hydroxyl groups is 1. The Hall–Kier alpha value is -1.38. The van der Waals surface area contributed by atoms with E-state index in [1.165, 1.54) is 23.3 Å². The third kappa shape index (κ3) is 4.05. The van der Waals surface area contributed by atoms with Crippen LogP contribution in [-0.4, -0.2) is 40.9 Å². The van der Waals surface area contributed by atoms with Crippen LogP contribution in [0.1, 0.15) is 11.5 Å². The van der Waals surface area contributed by atoms with Gasteiger partial charge in [0.15, 0.2) is 6.10 Å². The Labute approximate surface area is 123 Å². The Morgan fingerprint density at radius 3 is 2.76 bits per heavy atom. The van der Waals surface area contributed by atoms with Crippen LogP contribution in [0.2, 0.25) is 0 Å². The first-order valence-electron chi connectivity index (χ1n) is 6.19. The molecule has 116 valence electrons. The lowest BCUT2D eigenvalue weighted by Crippen LogP contribution is -2.39. The number of halogens is 3. The van der Waals surface area contributed by atoms with Gasteiger partial charge in [-0.25, -0.2) is 4.98 Å². The lowest BCUT2D eigenvalue weighted by molar-refractivity contribution is -0.207. The van der Waals surface area contributed by atoms with Crippen molar-refractivity contribution in [2.45, 2.75) is 25.7 Å². The second-order valence-corrected chi connectivity index (χ2v) is 5.57. The molecule has 0 radical (unpaired) electrons. The number of hydrogen-bond acceptors (Lipinski definition) is 5. The summed E-state index contributed by atoms with van der Waals surface area (Å²) in [5.74, 6) is 1.01. The van der Waals surface area contributed by atoms with E-state index >= 15 is 0 Å². The van der Waals surface area contributed by atoms with Crippen LogP contribution in [-0.2, 0) is 6.54 Å². The van der Waals surface area contributed by atoms with Crippen molar-refractivity contribution in [2.24, 2.45) is 0 Å². The van der Waals surface area contributed by atoms with Gasteiger partial charge in [0.25, 0.3) is 0 Å². The number of hydrogen-bond donors (Lipinski definition) is 1. The lowest BCUT2D eigenvalue weighted by atomic mass is 10.3. The molecule has 0 aliphatic heterocycles. The number of thiophene rings is 1. The highest BCUT2D eigenvalue weighted by Gasteiger charge is 2.38. The molecule has 2 aromatic heterocycles. The van der Waals surface area contributed by atoms with Crippen molar-refractivity contribution in [3.8, 4) is 11.5 Å². The smallest absolute Gasteiger partial charge is 0.415 e. The normalized spacial score (nSPS) is 13.9. The van der Waals surface area contributed by atoms with Crippen LogP contribution in [0.5, 0.6) is 0 Å². The van der Waals surface area contributed by atoms with Crippen molar-refractivity contribution < 1.29 is 22.7 Å². The predicted molar refractivity (Wildman–Crippen MR) is 72.9 cm³/mol. The van der Waals surface area contributed by atoms with Gasteiger partial charge in [-0.1, -0.05) is 0 Å². The van der Waals surface area contributed by atoms with Crippen molar-refractivity contribution in [1.29, 1.82) is 0 Å². The van der Waals surface area contributed by atoms with E-state index in [4.69, 9.17) is 9.52 Å². The molecule has 0 spiro atoms. The summed E-state index contributed by atoms with van der Waals surface area (Å²) in [6, 6.07) is 1.86. The standard InChI is InChI=1S/C13H15F3N2O2S/c1-8-10(5-18(2)6-11(19)13(14,15)16)17-12(20-8)9-3-4-21-7-9/h3-4,7,11,19H,5-6H2,1-2H3. The molecule has 0 saturated carbocycles. The maximum absolute atomic E-state index is 12.3. The van der Waals surface area contributed by atoms with Gasteiger partial charge in [0.05, 0.1) is 5.69 Å². The molecule has 4 nitrogen and oxygen atoms in total. The van der Waals surface area contributed by atoms with E-state index in [9.17, 15) is 13.2 Å². The zero-order chi connectivity index (χ0) is 15.6. The average Bonchev–Trinajstić information content (AvgIpc) is 2.98. The number of oxazole rings is 1. The number of rotatable bonds is 5. The summed E-state index contributed by atoms with van der Waals surface area (Å²) in [5, 5.41) is 12.8. The Morgan fingerprint density at radius 1 is 1.48 bits per heavy atom.